The summed E-state index contributed by atoms with van der Waals surface area (Å²) in [5.74, 6) is 0. The van der Waals surface area contributed by atoms with Crippen molar-refractivity contribution in [3.8, 4) is 0 Å². The lowest BCUT2D eigenvalue weighted by Crippen LogP contribution is -1.93. The smallest absolute Gasteiger partial charge is 0.0601 e. The van der Waals surface area contributed by atoms with Crippen molar-refractivity contribution in [1.82, 2.24) is 9.78 Å². The monoisotopic (exact) mass is 142 g/mol. The molecule has 1 aromatic rings. The van der Waals surface area contributed by atoms with Crippen LogP contribution in [0.3, 0.4) is 0 Å². The van der Waals surface area contributed by atoms with Gasteiger partial charge in [-0.15, -0.1) is 0 Å². The van der Waals surface area contributed by atoms with E-state index in [1.807, 2.05) is 18.3 Å². The van der Waals surface area contributed by atoms with Crippen LogP contribution in [0.25, 0.3) is 0 Å². The van der Waals surface area contributed by atoms with Gasteiger partial charge < -0.3 is 0 Å². The number of nitrogens with zero attached hydrogens (tertiary/aromatic N) is 2. The Bertz CT molecular complexity index is 179. The van der Waals surface area contributed by atoms with Crippen molar-refractivity contribution in [2.75, 3.05) is 0 Å². The van der Waals surface area contributed by atoms with Crippen LogP contribution in [0.1, 0.15) is 0 Å². The third-order valence-corrected chi connectivity index (χ3v) is 1.12. The zero-order valence-electron chi connectivity index (χ0n) is 4.87. The van der Waals surface area contributed by atoms with E-state index in [1.165, 1.54) is 5.54 Å². The van der Waals surface area contributed by atoms with Crippen LogP contribution >= 0.6 is 11.6 Å². The largest absolute Gasteiger partial charge is 0.269 e. The summed E-state index contributed by atoms with van der Waals surface area (Å²) in [4.78, 5) is 0. The second-order valence-electron chi connectivity index (χ2n) is 1.59. The molecular formula is C6H7ClN2. The Morgan fingerprint density at radius 2 is 2.56 bits per heavy atom. The van der Waals surface area contributed by atoms with Crippen LogP contribution in [-0.4, -0.2) is 9.78 Å². The quantitative estimate of drug-likeness (QED) is 0.614. The van der Waals surface area contributed by atoms with Gasteiger partial charge >= 0.3 is 0 Å². The molecule has 0 radical (unpaired) electrons. The van der Waals surface area contributed by atoms with Gasteiger partial charge in [0.2, 0.25) is 0 Å². The molecule has 1 rings (SSSR count). The fourth-order valence-corrected chi connectivity index (χ4v) is 0.636. The van der Waals surface area contributed by atoms with Crippen molar-refractivity contribution < 1.29 is 0 Å². The number of allylic oxidation sites excluding steroid dienone is 1. The molecule has 0 saturated carbocycles. The van der Waals surface area contributed by atoms with E-state index < -0.39 is 0 Å². The van der Waals surface area contributed by atoms with E-state index in [-0.39, 0.29) is 0 Å². The molecular weight excluding hydrogens is 136 g/mol. The van der Waals surface area contributed by atoms with Gasteiger partial charge in [-0.2, -0.15) is 5.10 Å². The van der Waals surface area contributed by atoms with E-state index in [0.29, 0.717) is 0 Å². The first kappa shape index (κ1) is 6.36. The molecule has 1 heterocycles. The van der Waals surface area contributed by atoms with Gasteiger partial charge in [-0.3, -0.25) is 4.68 Å². The highest BCUT2D eigenvalue weighted by Gasteiger charge is 1.81. The zero-order chi connectivity index (χ0) is 6.53. The van der Waals surface area contributed by atoms with Crippen LogP contribution < -0.4 is 0 Å². The minimum atomic E-state index is 0.747. The number of hydrogen-bond acceptors (Lipinski definition) is 1. The summed E-state index contributed by atoms with van der Waals surface area (Å²) in [6, 6.07) is 1.88. The summed E-state index contributed by atoms with van der Waals surface area (Å²) in [6.45, 7) is 0.747. The van der Waals surface area contributed by atoms with Crippen molar-refractivity contribution in [3.05, 3.63) is 30.1 Å². The number of rotatable bonds is 2. The molecule has 0 bridgehead atoms. The fourth-order valence-electron chi connectivity index (χ4n) is 0.556. The highest BCUT2D eigenvalue weighted by atomic mass is 35.5. The van der Waals surface area contributed by atoms with Gasteiger partial charge in [-0.25, -0.2) is 0 Å². The van der Waals surface area contributed by atoms with E-state index in [9.17, 15) is 0 Å². The molecule has 3 heteroatoms. The van der Waals surface area contributed by atoms with Gasteiger partial charge in [-0.1, -0.05) is 17.7 Å². The molecule has 0 atom stereocenters. The third-order valence-electron chi connectivity index (χ3n) is 0.941. The molecule has 0 aromatic carbocycles. The average molecular weight is 143 g/mol. The van der Waals surface area contributed by atoms with Crippen LogP contribution in [0.4, 0.5) is 0 Å². The summed E-state index contributed by atoms with van der Waals surface area (Å²) in [5.41, 5.74) is 1.49. The SMILES string of the molecule is ClC=CCn1cccn1. The summed E-state index contributed by atoms with van der Waals surface area (Å²) >= 11 is 5.30. The maximum Gasteiger partial charge on any atom is 0.0601 e. The first-order valence-corrected chi connectivity index (χ1v) is 3.10. The second-order valence-corrected chi connectivity index (χ2v) is 1.84. The molecule has 0 unspecified atom stereocenters. The molecule has 48 valence electrons. The van der Waals surface area contributed by atoms with Crippen LogP contribution in [0.2, 0.25) is 0 Å². The molecule has 2 nitrogen and oxygen atoms in total. The Hall–Kier alpha value is -0.760. The number of halogens is 1. The fraction of sp³-hybridized carbons (Fsp3) is 0.167. The Balaban J connectivity index is 2.48. The van der Waals surface area contributed by atoms with E-state index >= 15 is 0 Å². The second kappa shape index (κ2) is 3.30. The lowest BCUT2D eigenvalue weighted by Gasteiger charge is -1.90. The normalized spacial score (nSPS) is 10.8. The van der Waals surface area contributed by atoms with Gasteiger partial charge in [0.05, 0.1) is 6.54 Å². The highest BCUT2D eigenvalue weighted by Crippen LogP contribution is 1.86. The van der Waals surface area contributed by atoms with Crippen molar-refractivity contribution >= 4 is 11.6 Å². The van der Waals surface area contributed by atoms with Crippen molar-refractivity contribution in [2.24, 2.45) is 0 Å². The van der Waals surface area contributed by atoms with Gasteiger partial charge in [0, 0.05) is 17.9 Å². The Morgan fingerprint density at radius 3 is 3.11 bits per heavy atom. The Kier molecular flexibility index (Phi) is 2.33. The van der Waals surface area contributed by atoms with Crippen molar-refractivity contribution in [1.29, 1.82) is 0 Å². The lowest BCUT2D eigenvalue weighted by molar-refractivity contribution is 0.702. The minimum Gasteiger partial charge on any atom is -0.269 e. The van der Waals surface area contributed by atoms with Gasteiger partial charge in [0.25, 0.3) is 0 Å². The molecule has 0 saturated heterocycles. The number of hydrogen-bond donors (Lipinski definition) is 0. The van der Waals surface area contributed by atoms with Gasteiger partial charge in [-0.05, 0) is 6.07 Å². The molecule has 0 spiro atoms. The maximum absolute atomic E-state index is 5.30. The first-order valence-electron chi connectivity index (χ1n) is 2.66. The topological polar surface area (TPSA) is 17.8 Å². The van der Waals surface area contributed by atoms with Crippen LogP contribution in [-0.2, 0) is 6.54 Å². The standard InChI is InChI=1S/C6H7ClN2/c7-3-1-5-9-6-2-4-8-9/h1-4,6H,5H2. The van der Waals surface area contributed by atoms with E-state index in [2.05, 4.69) is 5.10 Å². The van der Waals surface area contributed by atoms with Crippen molar-refractivity contribution in [3.63, 3.8) is 0 Å². The summed E-state index contributed by atoms with van der Waals surface area (Å²) in [7, 11) is 0. The van der Waals surface area contributed by atoms with Crippen molar-refractivity contribution in [2.45, 2.75) is 6.54 Å². The molecule has 0 fully saturated rings. The summed E-state index contributed by atoms with van der Waals surface area (Å²) < 4.78 is 1.79. The molecule has 0 amide bonds. The third kappa shape index (κ3) is 1.90. The first-order chi connectivity index (χ1) is 4.43. The molecule has 0 aliphatic heterocycles. The molecule has 1 aromatic heterocycles. The van der Waals surface area contributed by atoms with Crippen LogP contribution in [0.15, 0.2) is 30.1 Å². The molecule has 0 aliphatic rings. The molecule has 0 N–H and O–H groups in total. The van der Waals surface area contributed by atoms with Crippen LogP contribution in [0, 0.1) is 0 Å². The predicted octanol–water partition coefficient (Wildman–Crippen LogP) is 1.64. The number of aromatic nitrogens is 2. The predicted molar refractivity (Wildman–Crippen MR) is 37.2 cm³/mol. The van der Waals surface area contributed by atoms with Gasteiger partial charge in [0.1, 0.15) is 0 Å². The summed E-state index contributed by atoms with van der Waals surface area (Å²) in [6.07, 6.45) is 5.45. The van der Waals surface area contributed by atoms with E-state index in [1.54, 1.807) is 10.9 Å². The highest BCUT2D eigenvalue weighted by molar-refractivity contribution is 6.25. The Labute approximate surface area is 58.7 Å². The summed E-state index contributed by atoms with van der Waals surface area (Å²) in [5, 5.41) is 3.96. The lowest BCUT2D eigenvalue weighted by atomic mass is 10.6. The zero-order valence-corrected chi connectivity index (χ0v) is 5.62. The Morgan fingerprint density at radius 1 is 1.67 bits per heavy atom. The molecule has 0 aliphatic carbocycles. The van der Waals surface area contributed by atoms with E-state index in [0.717, 1.165) is 6.54 Å². The van der Waals surface area contributed by atoms with E-state index in [4.69, 9.17) is 11.6 Å². The molecule has 9 heavy (non-hydrogen) atoms. The van der Waals surface area contributed by atoms with Crippen LogP contribution in [0.5, 0.6) is 0 Å². The maximum atomic E-state index is 5.30. The van der Waals surface area contributed by atoms with Gasteiger partial charge in [0.15, 0.2) is 0 Å². The average Bonchev–Trinajstić information content (AvgIpc) is 2.34. The minimum absolute atomic E-state index is 0.747.